The van der Waals surface area contributed by atoms with Crippen molar-refractivity contribution in [3.8, 4) is 5.75 Å². The van der Waals surface area contributed by atoms with Gasteiger partial charge < -0.3 is 4.74 Å². The molecule has 2 saturated carbocycles. The Hall–Kier alpha value is -1.59. The van der Waals surface area contributed by atoms with Gasteiger partial charge in [0.25, 0.3) is 0 Å². The maximum Gasteiger partial charge on any atom is 0.573 e. The summed E-state index contributed by atoms with van der Waals surface area (Å²) in [4.78, 5) is 0. The van der Waals surface area contributed by atoms with Crippen LogP contribution in [0.1, 0.15) is 82.6 Å². The van der Waals surface area contributed by atoms with Crippen molar-refractivity contribution in [2.45, 2.75) is 83.4 Å². The number of rotatable bonds is 6. The largest absolute Gasteiger partial charge is 0.573 e. The van der Waals surface area contributed by atoms with Gasteiger partial charge in [-0.05, 0) is 99.7 Å². The molecular formula is C24H31F5O. The Bertz CT molecular complexity index is 688. The number of hydrogen-bond donors (Lipinski definition) is 0. The van der Waals surface area contributed by atoms with Gasteiger partial charge in [-0.1, -0.05) is 25.0 Å². The van der Waals surface area contributed by atoms with Crippen LogP contribution >= 0.6 is 0 Å². The van der Waals surface area contributed by atoms with E-state index in [1.165, 1.54) is 32.1 Å². The van der Waals surface area contributed by atoms with E-state index in [2.05, 4.69) is 23.8 Å². The van der Waals surface area contributed by atoms with E-state index < -0.39 is 23.7 Å². The summed E-state index contributed by atoms with van der Waals surface area (Å²) in [6.07, 6.45) is 10.5. The third-order valence-electron chi connectivity index (χ3n) is 7.02. The van der Waals surface area contributed by atoms with Crippen LogP contribution < -0.4 is 4.74 Å². The zero-order chi connectivity index (χ0) is 21.7. The minimum absolute atomic E-state index is 0.0117. The molecule has 1 aromatic rings. The smallest absolute Gasteiger partial charge is 0.399 e. The van der Waals surface area contributed by atoms with Gasteiger partial charge in [0.15, 0.2) is 11.6 Å². The normalized spacial score (nSPS) is 28.1. The fraction of sp³-hybridized carbons (Fsp3) is 0.667. The Labute approximate surface area is 175 Å². The molecule has 2 aliphatic carbocycles. The minimum atomic E-state index is -5.12. The van der Waals surface area contributed by atoms with Crippen molar-refractivity contribution in [1.29, 1.82) is 0 Å². The molecule has 6 heteroatoms. The van der Waals surface area contributed by atoms with Crippen molar-refractivity contribution >= 4 is 0 Å². The predicted octanol–water partition coefficient (Wildman–Crippen LogP) is 8.30. The van der Waals surface area contributed by atoms with Crippen molar-refractivity contribution in [2.75, 3.05) is 0 Å². The highest BCUT2D eigenvalue weighted by molar-refractivity contribution is 5.33. The molecule has 0 bridgehead atoms. The van der Waals surface area contributed by atoms with E-state index in [9.17, 15) is 22.0 Å². The molecule has 0 aliphatic heterocycles. The lowest BCUT2D eigenvalue weighted by Crippen LogP contribution is -2.25. The van der Waals surface area contributed by atoms with Gasteiger partial charge in [0.05, 0.1) is 0 Å². The fourth-order valence-electron chi connectivity index (χ4n) is 5.40. The highest BCUT2D eigenvalue weighted by atomic mass is 19.4. The molecule has 1 nitrogen and oxygen atoms in total. The van der Waals surface area contributed by atoms with Crippen LogP contribution in [0.15, 0.2) is 24.3 Å². The molecule has 0 unspecified atom stereocenters. The Morgan fingerprint density at radius 1 is 0.900 bits per heavy atom. The van der Waals surface area contributed by atoms with E-state index >= 15 is 0 Å². The van der Waals surface area contributed by atoms with Crippen molar-refractivity contribution in [2.24, 2.45) is 17.8 Å². The number of allylic oxidation sites excluding steroid dienone is 2. The van der Waals surface area contributed by atoms with E-state index in [0.29, 0.717) is 11.5 Å². The van der Waals surface area contributed by atoms with Crippen LogP contribution in [0.25, 0.3) is 0 Å². The van der Waals surface area contributed by atoms with Crippen molar-refractivity contribution in [3.05, 3.63) is 41.5 Å². The maximum absolute atomic E-state index is 14.0. The average molecular weight is 431 g/mol. The zero-order valence-electron chi connectivity index (χ0n) is 17.5. The van der Waals surface area contributed by atoms with Gasteiger partial charge in [0.2, 0.25) is 5.75 Å². The minimum Gasteiger partial charge on any atom is -0.399 e. The van der Waals surface area contributed by atoms with Crippen LogP contribution in [0, 0.1) is 29.4 Å². The molecule has 168 valence electrons. The summed E-state index contributed by atoms with van der Waals surface area (Å²) in [5, 5.41) is 0. The number of hydrogen-bond acceptors (Lipinski definition) is 1. The van der Waals surface area contributed by atoms with Gasteiger partial charge in [0, 0.05) is 0 Å². The Morgan fingerprint density at radius 2 is 1.43 bits per heavy atom. The van der Waals surface area contributed by atoms with Crippen molar-refractivity contribution in [3.63, 3.8) is 0 Å². The second kappa shape index (κ2) is 10.1. The lowest BCUT2D eigenvalue weighted by molar-refractivity contribution is -0.276. The van der Waals surface area contributed by atoms with Crippen LogP contribution in [0.4, 0.5) is 22.0 Å². The topological polar surface area (TPSA) is 9.23 Å². The summed E-state index contributed by atoms with van der Waals surface area (Å²) in [7, 11) is 0. The second-order valence-corrected chi connectivity index (χ2v) is 8.90. The van der Waals surface area contributed by atoms with Gasteiger partial charge in [-0.3, -0.25) is 0 Å². The molecule has 0 saturated heterocycles. The van der Waals surface area contributed by atoms with Gasteiger partial charge in [0.1, 0.15) is 0 Å². The average Bonchev–Trinajstić information content (AvgIpc) is 2.71. The second-order valence-electron chi connectivity index (χ2n) is 8.90. The third-order valence-corrected chi connectivity index (χ3v) is 7.02. The number of halogens is 5. The lowest BCUT2D eigenvalue weighted by atomic mass is 9.68. The molecule has 0 heterocycles. The summed E-state index contributed by atoms with van der Waals surface area (Å²) in [5.41, 5.74) is 0.436. The standard InChI is InChI=1S/C24H31F5O/c1-2-3-4-5-16-6-8-17(9-7-16)18-10-12-19(13-11-18)20-14-21(25)23(22(26)15-20)30-24(27,28)29/h2-3,14-19H,4-13H2,1H3/b3-2+/t16-,17-,18-,19-. The Kier molecular flexibility index (Phi) is 7.81. The molecule has 3 rings (SSSR count). The highest BCUT2D eigenvalue weighted by Crippen LogP contribution is 2.45. The molecule has 30 heavy (non-hydrogen) atoms. The maximum atomic E-state index is 14.0. The molecule has 0 N–H and O–H groups in total. The van der Waals surface area contributed by atoms with E-state index in [4.69, 9.17) is 0 Å². The summed E-state index contributed by atoms with van der Waals surface area (Å²) in [5.74, 6) is -1.74. The summed E-state index contributed by atoms with van der Waals surface area (Å²) >= 11 is 0. The molecule has 0 aromatic heterocycles. The summed E-state index contributed by atoms with van der Waals surface area (Å²) in [6, 6.07) is 2.01. The Morgan fingerprint density at radius 3 is 1.93 bits per heavy atom. The highest BCUT2D eigenvalue weighted by Gasteiger charge is 2.35. The quantitative estimate of drug-likeness (QED) is 0.326. The van der Waals surface area contributed by atoms with Crippen molar-refractivity contribution < 1.29 is 26.7 Å². The molecule has 2 fully saturated rings. The summed E-state index contributed by atoms with van der Waals surface area (Å²) in [6.45, 7) is 2.06. The predicted molar refractivity (Wildman–Crippen MR) is 107 cm³/mol. The van der Waals surface area contributed by atoms with Gasteiger partial charge in [-0.15, -0.1) is 13.2 Å². The number of alkyl halides is 3. The molecule has 0 amide bonds. The van der Waals surface area contributed by atoms with Gasteiger partial charge >= 0.3 is 6.36 Å². The summed E-state index contributed by atoms with van der Waals surface area (Å²) < 4.78 is 68.5. The van der Waals surface area contributed by atoms with Gasteiger partial charge in [-0.25, -0.2) is 8.78 Å². The first-order valence-corrected chi connectivity index (χ1v) is 11.1. The first kappa shape index (κ1) is 23.1. The Balaban J connectivity index is 1.51. The van der Waals surface area contributed by atoms with Crippen LogP contribution in [0.2, 0.25) is 0 Å². The van der Waals surface area contributed by atoms with E-state index in [1.807, 2.05) is 0 Å². The van der Waals surface area contributed by atoms with Crippen LogP contribution in [0.3, 0.4) is 0 Å². The molecule has 1 aromatic carbocycles. The van der Waals surface area contributed by atoms with Crippen molar-refractivity contribution in [1.82, 2.24) is 0 Å². The van der Waals surface area contributed by atoms with E-state index in [-0.39, 0.29) is 5.92 Å². The molecule has 0 radical (unpaired) electrons. The molecule has 2 aliphatic rings. The van der Waals surface area contributed by atoms with Gasteiger partial charge in [-0.2, -0.15) is 0 Å². The van der Waals surface area contributed by atoms with Crippen LogP contribution in [-0.2, 0) is 0 Å². The molecular weight excluding hydrogens is 399 g/mol. The third kappa shape index (κ3) is 6.21. The number of benzene rings is 1. The fourth-order valence-corrected chi connectivity index (χ4v) is 5.40. The van der Waals surface area contributed by atoms with E-state index in [0.717, 1.165) is 56.1 Å². The van der Waals surface area contributed by atoms with E-state index in [1.54, 1.807) is 0 Å². The lowest BCUT2D eigenvalue weighted by Gasteiger charge is -2.38. The first-order valence-electron chi connectivity index (χ1n) is 11.1. The SMILES string of the molecule is C/C=C/CC[C@H]1CC[C@H]([C@H]2CC[C@H](c3cc(F)c(OC(F)(F)F)c(F)c3)CC2)CC1. The first-order chi connectivity index (χ1) is 14.3. The zero-order valence-corrected chi connectivity index (χ0v) is 17.5. The number of ether oxygens (including phenoxy) is 1. The monoisotopic (exact) mass is 430 g/mol. The van der Waals surface area contributed by atoms with Crippen LogP contribution in [-0.4, -0.2) is 6.36 Å². The van der Waals surface area contributed by atoms with Crippen LogP contribution in [0.5, 0.6) is 5.75 Å². The molecule has 0 atom stereocenters. The molecule has 0 spiro atoms.